The number of pyridine rings is 1. The van der Waals surface area contributed by atoms with E-state index in [1.54, 1.807) is 49.4 Å². The average molecular weight is 807 g/mol. The van der Waals surface area contributed by atoms with Crippen LogP contribution in [0.15, 0.2) is 90.6 Å². The molecule has 1 saturated carbocycles. The van der Waals surface area contributed by atoms with Gasteiger partial charge in [0, 0.05) is 29.3 Å². The number of anilines is 2. The number of rotatable bonds is 6. The lowest BCUT2D eigenvalue weighted by molar-refractivity contribution is -0.384. The minimum atomic E-state index is -4.77. The number of aromatic nitrogens is 1. The molecule has 4 aliphatic rings. The second kappa shape index (κ2) is 13.2. The number of phenols is 1. The van der Waals surface area contributed by atoms with Crippen LogP contribution in [0, 0.1) is 40.7 Å². The van der Waals surface area contributed by atoms with E-state index < -0.39 is 86.1 Å². The van der Waals surface area contributed by atoms with Gasteiger partial charge < -0.3 is 5.11 Å². The van der Waals surface area contributed by atoms with Crippen LogP contribution in [0.2, 0.25) is 10.0 Å². The van der Waals surface area contributed by atoms with E-state index in [0.717, 1.165) is 11.0 Å². The van der Waals surface area contributed by atoms with Crippen LogP contribution in [0.3, 0.4) is 0 Å². The first kappa shape index (κ1) is 37.1. The fraction of sp³-hybridized carbons (Fsp3) is 0.256. The lowest BCUT2D eigenvalue weighted by Gasteiger charge is -2.50. The lowest BCUT2D eigenvalue weighted by atomic mass is 9.49. The number of imide groups is 2. The van der Waals surface area contributed by atoms with Crippen molar-refractivity contribution in [2.24, 2.45) is 23.7 Å². The van der Waals surface area contributed by atoms with Crippen molar-refractivity contribution < 1.29 is 42.4 Å². The van der Waals surface area contributed by atoms with E-state index in [1.807, 2.05) is 0 Å². The smallest absolute Gasteiger partial charge is 0.417 e. The molecule has 2 N–H and O–H groups in total. The summed E-state index contributed by atoms with van der Waals surface area (Å²) >= 11 is 12.5. The number of fused-ring (bicyclic) bond motifs is 4. The second-order valence-corrected chi connectivity index (χ2v) is 15.1. The second-order valence-electron chi connectivity index (χ2n) is 14.3. The van der Waals surface area contributed by atoms with Gasteiger partial charge in [-0.2, -0.15) is 18.2 Å². The number of carbonyl (C=O) groups excluding carboxylic acids is 4. The molecule has 12 nitrogen and oxygen atoms in total. The molecule has 2 saturated heterocycles. The van der Waals surface area contributed by atoms with Gasteiger partial charge in [-0.3, -0.25) is 34.7 Å². The van der Waals surface area contributed by atoms with E-state index in [4.69, 9.17) is 23.2 Å². The van der Waals surface area contributed by atoms with Crippen molar-refractivity contribution in [3.8, 4) is 5.75 Å². The van der Waals surface area contributed by atoms with Gasteiger partial charge in [0.1, 0.15) is 5.75 Å². The minimum absolute atomic E-state index is 0.0191. The Labute approximate surface area is 325 Å². The molecule has 3 heterocycles. The summed E-state index contributed by atoms with van der Waals surface area (Å²) in [5.41, 5.74) is 1.25. The van der Waals surface area contributed by atoms with Gasteiger partial charge in [-0.05, 0) is 72.7 Å². The predicted molar refractivity (Wildman–Crippen MR) is 195 cm³/mol. The first-order chi connectivity index (χ1) is 26.5. The van der Waals surface area contributed by atoms with Crippen molar-refractivity contribution in [2.75, 3.05) is 10.3 Å². The molecule has 2 aliphatic carbocycles. The Hall–Kier alpha value is -5.80. The standard InChI is InChI=1S/C39H28Cl2F3N5O7/c1-18-13-19(5-12-30(18)50)32-25-10-11-26-31(36(53)47(34(26)51)23-3-2-4-24(15-23)49(55)56)27(25)16-28-35(52)48(37(54)38(28,32)20-6-8-22(40)9-7-20)46-33-29(41)14-21(17-45-33)39(42,43)44/h2-10,12-15,17,26-28,31-32,50H,11,16H2,1H3,(H,45,46)/t26-,27+,28-,31-,32-,38+/m0/s1. The number of nitrogens with zero attached hydrogens (tertiary/aromatic N) is 4. The van der Waals surface area contributed by atoms with Gasteiger partial charge in [0.15, 0.2) is 5.82 Å². The quantitative estimate of drug-likeness (QED) is 0.0869. The Balaban J connectivity index is 1.30. The fourth-order valence-corrected chi connectivity index (χ4v) is 9.35. The third kappa shape index (κ3) is 5.54. The summed E-state index contributed by atoms with van der Waals surface area (Å²) in [5.74, 6) is -8.18. The lowest BCUT2D eigenvalue weighted by Crippen LogP contribution is -2.53. The Bertz CT molecular complexity index is 2430. The van der Waals surface area contributed by atoms with Crippen LogP contribution in [-0.4, -0.2) is 43.7 Å². The highest BCUT2D eigenvalue weighted by atomic mass is 35.5. The molecule has 1 aromatic heterocycles. The van der Waals surface area contributed by atoms with Gasteiger partial charge in [-0.15, -0.1) is 0 Å². The zero-order valence-electron chi connectivity index (χ0n) is 29.0. The van der Waals surface area contributed by atoms with Crippen LogP contribution >= 0.6 is 23.2 Å². The zero-order chi connectivity index (χ0) is 40.0. The van der Waals surface area contributed by atoms with Crippen LogP contribution in [-0.2, 0) is 30.8 Å². The number of alkyl halides is 3. The number of hydrazine groups is 1. The maximum atomic E-state index is 15.3. The normalized spacial score (nSPS) is 25.8. The first-order valence-corrected chi connectivity index (χ1v) is 18.0. The third-order valence-corrected chi connectivity index (χ3v) is 12.0. The highest BCUT2D eigenvalue weighted by Crippen LogP contribution is 2.64. The monoisotopic (exact) mass is 805 g/mol. The number of aryl methyl sites for hydroxylation is 1. The zero-order valence-corrected chi connectivity index (χ0v) is 30.5. The van der Waals surface area contributed by atoms with Crippen molar-refractivity contribution in [3.63, 3.8) is 0 Å². The summed E-state index contributed by atoms with van der Waals surface area (Å²) in [6, 6.07) is 16.8. The SMILES string of the molecule is Cc1cc([C@H]2C3=CC[C@@H]4C(=O)N(c5cccc([N+](=O)[O-])c5)C(=O)[C@@H]4[C@@H]3C[C@H]3C(=O)N(Nc4ncc(C(F)(F)F)cc4Cl)C(=O)[C@@]23c2ccc(Cl)cc2)ccc1O. The van der Waals surface area contributed by atoms with Crippen LogP contribution in [0.25, 0.3) is 0 Å². The average Bonchev–Trinajstić information content (AvgIpc) is 3.54. The molecule has 0 radical (unpaired) electrons. The molecule has 3 aromatic carbocycles. The number of benzene rings is 3. The number of nitro benzene ring substituents is 1. The molecule has 0 spiro atoms. The molecule has 56 heavy (non-hydrogen) atoms. The van der Waals surface area contributed by atoms with Crippen molar-refractivity contribution >= 4 is 64.0 Å². The van der Waals surface area contributed by atoms with Crippen LogP contribution in [0.1, 0.15) is 41.0 Å². The molecule has 0 bridgehead atoms. The third-order valence-electron chi connectivity index (χ3n) is 11.4. The number of non-ortho nitro benzene ring substituents is 1. The van der Waals surface area contributed by atoms with Gasteiger partial charge in [0.05, 0.1) is 44.4 Å². The van der Waals surface area contributed by atoms with E-state index in [1.165, 1.54) is 24.3 Å². The number of nitro groups is 1. The Morgan fingerprint density at radius 2 is 1.70 bits per heavy atom. The molecule has 4 amide bonds. The molecular formula is C39H28Cl2F3N5O7. The maximum Gasteiger partial charge on any atom is 0.417 e. The van der Waals surface area contributed by atoms with Gasteiger partial charge in [0.2, 0.25) is 11.8 Å². The van der Waals surface area contributed by atoms with Crippen LogP contribution < -0.4 is 10.3 Å². The Kier molecular flexibility index (Phi) is 8.73. The van der Waals surface area contributed by atoms with E-state index in [2.05, 4.69) is 10.4 Å². The highest BCUT2D eigenvalue weighted by molar-refractivity contribution is 6.33. The Morgan fingerprint density at radius 3 is 2.36 bits per heavy atom. The van der Waals surface area contributed by atoms with Gasteiger partial charge >= 0.3 is 6.18 Å². The first-order valence-electron chi connectivity index (χ1n) is 17.3. The summed E-state index contributed by atoms with van der Waals surface area (Å²) in [5, 5.41) is 22.7. The van der Waals surface area contributed by atoms with E-state index in [9.17, 15) is 42.8 Å². The Morgan fingerprint density at radius 1 is 0.964 bits per heavy atom. The van der Waals surface area contributed by atoms with E-state index in [-0.39, 0.29) is 30.0 Å². The summed E-state index contributed by atoms with van der Waals surface area (Å²) in [6.07, 6.45) is -2.52. The molecule has 2 aliphatic heterocycles. The maximum absolute atomic E-state index is 15.3. The number of allylic oxidation sites excluding steroid dienone is 2. The molecular weight excluding hydrogens is 778 g/mol. The number of amides is 4. The summed E-state index contributed by atoms with van der Waals surface area (Å²) in [4.78, 5) is 74.3. The van der Waals surface area contributed by atoms with Gasteiger partial charge in [-0.1, -0.05) is 65.2 Å². The number of aromatic hydroxyl groups is 1. The molecule has 286 valence electrons. The van der Waals surface area contributed by atoms with Crippen LogP contribution in [0.4, 0.5) is 30.4 Å². The van der Waals surface area contributed by atoms with E-state index in [0.29, 0.717) is 44.6 Å². The topological polar surface area (TPSA) is 163 Å². The number of hydrogen-bond donors (Lipinski definition) is 2. The van der Waals surface area contributed by atoms with Crippen molar-refractivity contribution in [1.82, 2.24) is 9.99 Å². The molecule has 17 heteroatoms. The molecule has 6 atom stereocenters. The highest BCUT2D eigenvalue weighted by Gasteiger charge is 2.70. The van der Waals surface area contributed by atoms with Crippen molar-refractivity contribution in [3.05, 3.63) is 133 Å². The number of hydrogen-bond acceptors (Lipinski definition) is 9. The predicted octanol–water partition coefficient (Wildman–Crippen LogP) is 7.52. The van der Waals surface area contributed by atoms with Gasteiger partial charge in [-0.25, -0.2) is 9.88 Å². The van der Waals surface area contributed by atoms with Gasteiger partial charge in [0.25, 0.3) is 17.5 Å². The number of halogens is 5. The number of carbonyl (C=O) groups is 4. The summed E-state index contributed by atoms with van der Waals surface area (Å²) in [7, 11) is 0. The minimum Gasteiger partial charge on any atom is -0.508 e. The molecule has 3 fully saturated rings. The largest absolute Gasteiger partial charge is 0.508 e. The molecule has 4 aromatic rings. The summed E-state index contributed by atoms with van der Waals surface area (Å²) < 4.78 is 40.4. The molecule has 0 unspecified atom stereocenters. The number of phenolic OH excluding ortho intramolecular Hbond substituents is 1. The van der Waals surface area contributed by atoms with Crippen LogP contribution in [0.5, 0.6) is 5.75 Å². The number of nitrogens with one attached hydrogen (secondary N) is 1. The van der Waals surface area contributed by atoms with Crippen molar-refractivity contribution in [2.45, 2.75) is 37.3 Å². The summed E-state index contributed by atoms with van der Waals surface area (Å²) in [6.45, 7) is 1.65. The molecule has 8 rings (SSSR count). The fourth-order valence-electron chi connectivity index (χ4n) is 9.02. The van der Waals surface area contributed by atoms with E-state index >= 15 is 4.79 Å². The van der Waals surface area contributed by atoms with Crippen molar-refractivity contribution in [1.29, 1.82) is 0 Å².